The molecule has 1 N–H and O–H groups in total. The predicted octanol–water partition coefficient (Wildman–Crippen LogP) is 2.71. The van der Waals surface area contributed by atoms with Gasteiger partial charge in [0.2, 0.25) is 0 Å². The fourth-order valence-electron chi connectivity index (χ4n) is 2.29. The second-order valence-electron chi connectivity index (χ2n) is 4.20. The first-order chi connectivity index (χ1) is 7.84. The van der Waals surface area contributed by atoms with Crippen molar-refractivity contribution >= 4 is 11.3 Å². The number of aliphatic hydroxyl groups excluding tert-OH is 1. The lowest BCUT2D eigenvalue weighted by Gasteiger charge is -2.10. The van der Waals surface area contributed by atoms with Crippen LogP contribution in [0.3, 0.4) is 0 Å². The number of hydrogen-bond donors (Lipinski definition) is 1. The molecule has 1 aliphatic carbocycles. The molecule has 0 spiro atoms. The molecule has 0 saturated heterocycles. The Hall–Kier alpha value is -1.19. The summed E-state index contributed by atoms with van der Waals surface area (Å²) in [6.07, 6.45) is 3.00. The van der Waals surface area contributed by atoms with E-state index in [1.165, 1.54) is 35.3 Å². The van der Waals surface area contributed by atoms with Gasteiger partial charge in [0, 0.05) is 5.38 Å². The van der Waals surface area contributed by atoms with Crippen LogP contribution >= 0.6 is 11.3 Å². The van der Waals surface area contributed by atoms with Crippen LogP contribution < -0.4 is 0 Å². The van der Waals surface area contributed by atoms with Gasteiger partial charge in [-0.1, -0.05) is 18.2 Å². The molecule has 0 bridgehead atoms. The van der Waals surface area contributed by atoms with Gasteiger partial charge in [0.05, 0.1) is 11.2 Å². The van der Waals surface area contributed by atoms with Crippen molar-refractivity contribution in [2.45, 2.75) is 25.4 Å². The number of rotatable bonds is 2. The van der Waals surface area contributed by atoms with E-state index in [4.69, 9.17) is 0 Å². The van der Waals surface area contributed by atoms with E-state index in [0.29, 0.717) is 0 Å². The molecular formula is C13H13NOS. The summed E-state index contributed by atoms with van der Waals surface area (Å²) >= 11 is 1.52. The summed E-state index contributed by atoms with van der Waals surface area (Å²) in [6, 6.07) is 6.30. The van der Waals surface area contributed by atoms with Crippen LogP contribution in [0.5, 0.6) is 0 Å². The Morgan fingerprint density at radius 1 is 1.25 bits per heavy atom. The van der Waals surface area contributed by atoms with Gasteiger partial charge >= 0.3 is 0 Å². The Bertz CT molecular complexity index is 493. The third-order valence-corrected chi connectivity index (χ3v) is 3.77. The summed E-state index contributed by atoms with van der Waals surface area (Å²) in [7, 11) is 0. The Labute approximate surface area is 98.6 Å². The van der Waals surface area contributed by atoms with Gasteiger partial charge in [-0.2, -0.15) is 0 Å². The summed E-state index contributed by atoms with van der Waals surface area (Å²) in [5.74, 6) is 0. The maximum atomic E-state index is 10.2. The number of aryl methyl sites for hydroxylation is 2. The summed E-state index contributed by atoms with van der Waals surface area (Å²) in [6.45, 7) is 0. The summed E-state index contributed by atoms with van der Waals surface area (Å²) in [5, 5.41) is 12.1. The average molecular weight is 231 g/mol. The molecule has 1 aliphatic rings. The molecule has 2 nitrogen and oxygen atoms in total. The summed E-state index contributed by atoms with van der Waals surface area (Å²) in [4.78, 5) is 4.15. The molecule has 0 aliphatic heterocycles. The molecule has 3 rings (SSSR count). The fraction of sp³-hybridized carbons (Fsp3) is 0.308. The first kappa shape index (κ1) is 10.00. The second-order valence-corrected chi connectivity index (χ2v) is 4.92. The second kappa shape index (κ2) is 4.00. The van der Waals surface area contributed by atoms with Gasteiger partial charge < -0.3 is 5.11 Å². The van der Waals surface area contributed by atoms with E-state index in [1.54, 1.807) is 5.51 Å². The van der Waals surface area contributed by atoms with E-state index in [9.17, 15) is 5.11 Å². The minimum atomic E-state index is -0.572. The van der Waals surface area contributed by atoms with Crippen molar-refractivity contribution in [1.29, 1.82) is 0 Å². The Balaban J connectivity index is 1.95. The molecule has 2 aromatic rings. The number of hydrogen-bond acceptors (Lipinski definition) is 3. The third kappa shape index (κ3) is 1.66. The molecule has 1 aromatic heterocycles. The van der Waals surface area contributed by atoms with E-state index in [1.807, 2.05) is 11.4 Å². The zero-order valence-corrected chi connectivity index (χ0v) is 9.70. The molecular weight excluding hydrogens is 218 g/mol. The normalized spacial score (nSPS) is 16.1. The lowest BCUT2D eigenvalue weighted by atomic mass is 10.0. The van der Waals surface area contributed by atoms with Crippen molar-refractivity contribution in [3.05, 3.63) is 51.5 Å². The van der Waals surface area contributed by atoms with Crippen molar-refractivity contribution in [2.24, 2.45) is 0 Å². The van der Waals surface area contributed by atoms with Crippen LogP contribution in [0.15, 0.2) is 29.1 Å². The molecule has 0 radical (unpaired) electrons. The van der Waals surface area contributed by atoms with E-state index >= 15 is 0 Å². The number of aliphatic hydroxyl groups is 1. The quantitative estimate of drug-likeness (QED) is 0.862. The van der Waals surface area contributed by atoms with Crippen molar-refractivity contribution in [3.63, 3.8) is 0 Å². The predicted molar refractivity (Wildman–Crippen MR) is 64.6 cm³/mol. The van der Waals surface area contributed by atoms with Crippen LogP contribution in [0.2, 0.25) is 0 Å². The molecule has 0 fully saturated rings. The molecule has 1 atom stereocenters. The van der Waals surface area contributed by atoms with Gasteiger partial charge in [0.15, 0.2) is 0 Å². The van der Waals surface area contributed by atoms with Gasteiger partial charge in [-0.25, -0.2) is 4.98 Å². The third-order valence-electron chi connectivity index (χ3n) is 3.17. The molecule has 82 valence electrons. The SMILES string of the molecule is OC(c1ccc2c(c1)CCC2)c1cscn1. The van der Waals surface area contributed by atoms with Gasteiger partial charge in [-0.15, -0.1) is 11.3 Å². The Kier molecular flexibility index (Phi) is 2.50. The van der Waals surface area contributed by atoms with Gasteiger partial charge in [-0.3, -0.25) is 0 Å². The van der Waals surface area contributed by atoms with Gasteiger partial charge in [-0.05, 0) is 36.0 Å². The molecule has 3 heteroatoms. The van der Waals surface area contributed by atoms with Crippen molar-refractivity contribution < 1.29 is 5.11 Å². The van der Waals surface area contributed by atoms with Gasteiger partial charge in [0.1, 0.15) is 6.10 Å². The zero-order valence-electron chi connectivity index (χ0n) is 8.89. The molecule has 1 heterocycles. The maximum absolute atomic E-state index is 10.2. The molecule has 0 amide bonds. The van der Waals surface area contributed by atoms with Crippen LogP contribution in [0, 0.1) is 0 Å². The van der Waals surface area contributed by atoms with Crippen molar-refractivity contribution in [2.75, 3.05) is 0 Å². The van der Waals surface area contributed by atoms with E-state index in [2.05, 4.69) is 17.1 Å². The maximum Gasteiger partial charge on any atom is 0.122 e. The largest absolute Gasteiger partial charge is 0.382 e. The summed E-state index contributed by atoms with van der Waals surface area (Å²) in [5.41, 5.74) is 6.31. The lowest BCUT2D eigenvalue weighted by molar-refractivity contribution is 0.216. The molecule has 1 unspecified atom stereocenters. The van der Waals surface area contributed by atoms with E-state index < -0.39 is 6.10 Å². The molecule has 1 aromatic carbocycles. The van der Waals surface area contributed by atoms with Crippen LogP contribution in [0.1, 0.15) is 34.9 Å². The zero-order chi connectivity index (χ0) is 11.0. The topological polar surface area (TPSA) is 33.1 Å². The number of fused-ring (bicyclic) bond motifs is 1. The van der Waals surface area contributed by atoms with Gasteiger partial charge in [0.25, 0.3) is 0 Å². The number of benzene rings is 1. The number of thiazole rings is 1. The van der Waals surface area contributed by atoms with Crippen LogP contribution in [0.25, 0.3) is 0 Å². The molecule has 0 saturated carbocycles. The summed E-state index contributed by atoms with van der Waals surface area (Å²) < 4.78 is 0. The molecule has 16 heavy (non-hydrogen) atoms. The van der Waals surface area contributed by atoms with Crippen molar-refractivity contribution in [3.8, 4) is 0 Å². The fourth-order valence-corrected chi connectivity index (χ4v) is 2.86. The highest BCUT2D eigenvalue weighted by molar-refractivity contribution is 7.07. The highest BCUT2D eigenvalue weighted by Crippen LogP contribution is 2.28. The first-order valence-electron chi connectivity index (χ1n) is 5.52. The minimum Gasteiger partial charge on any atom is -0.382 e. The Morgan fingerprint density at radius 3 is 2.94 bits per heavy atom. The smallest absolute Gasteiger partial charge is 0.122 e. The minimum absolute atomic E-state index is 0.572. The van der Waals surface area contributed by atoms with Crippen LogP contribution in [-0.4, -0.2) is 10.1 Å². The average Bonchev–Trinajstić information content (AvgIpc) is 2.98. The van der Waals surface area contributed by atoms with Crippen LogP contribution in [0.4, 0.5) is 0 Å². The highest BCUT2D eigenvalue weighted by atomic mass is 32.1. The lowest BCUT2D eigenvalue weighted by Crippen LogP contribution is -2.00. The number of nitrogens with zero attached hydrogens (tertiary/aromatic N) is 1. The number of aromatic nitrogens is 1. The van der Waals surface area contributed by atoms with Crippen molar-refractivity contribution in [1.82, 2.24) is 4.98 Å². The first-order valence-corrected chi connectivity index (χ1v) is 6.47. The highest BCUT2D eigenvalue weighted by Gasteiger charge is 2.16. The van der Waals surface area contributed by atoms with E-state index in [0.717, 1.165) is 17.7 Å². The van der Waals surface area contributed by atoms with E-state index in [-0.39, 0.29) is 0 Å². The standard InChI is InChI=1S/C13H13NOS/c15-13(12-7-16-8-14-12)11-5-4-9-2-1-3-10(9)6-11/h4-8,13,15H,1-3H2. The monoisotopic (exact) mass is 231 g/mol. The Morgan fingerprint density at radius 2 is 2.12 bits per heavy atom. The van der Waals surface area contributed by atoms with Crippen LogP contribution in [-0.2, 0) is 12.8 Å².